The van der Waals surface area contributed by atoms with Gasteiger partial charge in [0.2, 0.25) is 6.79 Å². The summed E-state index contributed by atoms with van der Waals surface area (Å²) in [5.74, 6) is 0.913. The fourth-order valence-corrected chi connectivity index (χ4v) is 3.58. The van der Waals surface area contributed by atoms with Crippen molar-refractivity contribution in [1.82, 2.24) is 4.98 Å². The number of alkyl halides is 4. The van der Waals surface area contributed by atoms with Crippen LogP contribution in [0.1, 0.15) is 5.01 Å². The molecule has 2 aromatic carbocycles. The van der Waals surface area contributed by atoms with Crippen LogP contribution >= 0.6 is 22.9 Å². The minimum Gasteiger partial charge on any atom is -0.454 e. The summed E-state index contributed by atoms with van der Waals surface area (Å²) in [6.45, 7) is 0.155. The van der Waals surface area contributed by atoms with Gasteiger partial charge in [-0.1, -0.05) is 23.7 Å². The second-order valence-electron chi connectivity index (χ2n) is 6.38. The predicted molar refractivity (Wildman–Crippen MR) is 114 cm³/mol. The maximum atomic E-state index is 13.5. The van der Waals surface area contributed by atoms with Gasteiger partial charge in [0, 0.05) is 17.1 Å². The number of rotatable bonds is 7. The number of hydrogen-bond acceptors (Lipinski definition) is 7. The standard InChI is InChI=1S/C21H13ClF3N3O3S/c22-20(23)21(24,25)31-16-4-2-1-3-14(16)27-9-13(8-26)19-28-15(10-32-19)12-5-6-17-18(7-12)30-11-29-17/h1-7,9-10,20,27H,11H2/b13-9+/t20-/m0/s1. The van der Waals surface area contributed by atoms with Gasteiger partial charge in [0.05, 0.1) is 11.4 Å². The number of anilines is 1. The molecule has 1 aliphatic heterocycles. The molecule has 0 aliphatic carbocycles. The number of thiazole rings is 1. The van der Waals surface area contributed by atoms with Crippen LogP contribution in [-0.2, 0) is 0 Å². The first-order valence-corrected chi connectivity index (χ1v) is 10.4. The third-order valence-electron chi connectivity index (χ3n) is 4.28. The average Bonchev–Trinajstić information content (AvgIpc) is 3.44. The molecular formula is C21H13ClF3N3O3S. The molecular weight excluding hydrogens is 467 g/mol. The van der Waals surface area contributed by atoms with E-state index in [1.54, 1.807) is 23.6 Å². The number of para-hydroxylation sites is 2. The van der Waals surface area contributed by atoms with Crippen LogP contribution in [-0.4, -0.2) is 23.5 Å². The lowest BCUT2D eigenvalue weighted by Gasteiger charge is -2.19. The van der Waals surface area contributed by atoms with E-state index in [0.717, 1.165) is 5.56 Å². The Labute approximate surface area is 189 Å². The predicted octanol–water partition coefficient (Wildman–Crippen LogP) is 6.02. The Morgan fingerprint density at radius 1 is 1.28 bits per heavy atom. The molecule has 1 aliphatic rings. The van der Waals surface area contributed by atoms with Gasteiger partial charge >= 0.3 is 6.11 Å². The minimum atomic E-state index is -4.23. The number of allylic oxidation sites excluding steroid dienone is 1. The number of nitrogens with one attached hydrogen (secondary N) is 1. The molecule has 0 amide bonds. The molecule has 32 heavy (non-hydrogen) atoms. The topological polar surface area (TPSA) is 76.4 Å². The summed E-state index contributed by atoms with van der Waals surface area (Å²) in [6, 6.07) is 13.0. The van der Waals surface area contributed by atoms with Gasteiger partial charge in [-0.25, -0.2) is 9.37 Å². The van der Waals surface area contributed by atoms with E-state index in [1.807, 2.05) is 12.1 Å². The number of nitriles is 1. The highest BCUT2D eigenvalue weighted by atomic mass is 35.5. The monoisotopic (exact) mass is 479 g/mol. The number of aromatic nitrogens is 1. The van der Waals surface area contributed by atoms with E-state index >= 15 is 0 Å². The van der Waals surface area contributed by atoms with Gasteiger partial charge in [-0.2, -0.15) is 14.0 Å². The Morgan fingerprint density at radius 3 is 2.84 bits per heavy atom. The Hall–Kier alpha value is -3.42. The second-order valence-corrected chi connectivity index (χ2v) is 7.62. The number of nitrogens with zero attached hydrogens (tertiary/aromatic N) is 2. The summed E-state index contributed by atoms with van der Waals surface area (Å²) >= 11 is 6.08. The van der Waals surface area contributed by atoms with Crippen LogP contribution in [0.25, 0.3) is 16.8 Å². The van der Waals surface area contributed by atoms with Crippen LogP contribution in [0.4, 0.5) is 18.9 Å². The van der Waals surface area contributed by atoms with E-state index in [2.05, 4.69) is 15.0 Å². The van der Waals surface area contributed by atoms with Gasteiger partial charge in [0.1, 0.15) is 22.4 Å². The molecule has 0 bridgehead atoms. The van der Waals surface area contributed by atoms with Crippen LogP contribution in [0.5, 0.6) is 17.2 Å². The van der Waals surface area contributed by atoms with Crippen molar-refractivity contribution < 1.29 is 27.4 Å². The van der Waals surface area contributed by atoms with Gasteiger partial charge in [0.15, 0.2) is 11.5 Å². The Kier molecular flexibility index (Phi) is 6.12. The van der Waals surface area contributed by atoms with Gasteiger partial charge in [-0.05, 0) is 30.3 Å². The summed E-state index contributed by atoms with van der Waals surface area (Å²) in [5.41, 5.74) is -1.37. The summed E-state index contributed by atoms with van der Waals surface area (Å²) in [6.07, 6.45) is -2.92. The summed E-state index contributed by atoms with van der Waals surface area (Å²) in [5, 5.41) is 14.5. The highest BCUT2D eigenvalue weighted by Crippen LogP contribution is 2.37. The molecule has 0 saturated heterocycles. The zero-order valence-electron chi connectivity index (χ0n) is 16.0. The van der Waals surface area contributed by atoms with Crippen molar-refractivity contribution in [3.8, 4) is 34.6 Å². The first-order chi connectivity index (χ1) is 15.4. The molecule has 0 unspecified atom stereocenters. The van der Waals surface area contributed by atoms with Crippen molar-refractivity contribution in [1.29, 1.82) is 5.26 Å². The number of halogens is 4. The Morgan fingerprint density at radius 2 is 2.06 bits per heavy atom. The highest BCUT2D eigenvalue weighted by molar-refractivity contribution is 7.11. The quantitative estimate of drug-likeness (QED) is 0.330. The molecule has 3 aromatic rings. The molecule has 11 heteroatoms. The van der Waals surface area contributed by atoms with Crippen molar-refractivity contribution >= 4 is 34.2 Å². The van der Waals surface area contributed by atoms with E-state index in [4.69, 9.17) is 21.1 Å². The first-order valence-electron chi connectivity index (χ1n) is 9.04. The Balaban J connectivity index is 1.55. The number of hydrogen-bond donors (Lipinski definition) is 1. The SMILES string of the molecule is N#C/C(=C\Nc1ccccc1OC(F)(F)[C@H](F)Cl)c1nc(-c2ccc3c(c2)OCO3)cs1. The van der Waals surface area contributed by atoms with Crippen molar-refractivity contribution in [3.05, 3.63) is 59.1 Å². The van der Waals surface area contributed by atoms with Crippen molar-refractivity contribution in [3.63, 3.8) is 0 Å². The largest absolute Gasteiger partial charge is 0.454 e. The maximum absolute atomic E-state index is 13.5. The lowest BCUT2D eigenvalue weighted by atomic mass is 10.1. The van der Waals surface area contributed by atoms with Crippen LogP contribution < -0.4 is 19.5 Å². The molecule has 1 N–H and O–H groups in total. The molecule has 2 heterocycles. The third-order valence-corrected chi connectivity index (χ3v) is 5.41. The molecule has 0 spiro atoms. The fraction of sp³-hybridized carbons (Fsp3) is 0.143. The lowest BCUT2D eigenvalue weighted by molar-refractivity contribution is -0.198. The van der Waals surface area contributed by atoms with E-state index in [0.29, 0.717) is 22.2 Å². The van der Waals surface area contributed by atoms with Gasteiger partial charge in [-0.3, -0.25) is 0 Å². The van der Waals surface area contributed by atoms with E-state index in [-0.39, 0.29) is 23.8 Å². The van der Waals surface area contributed by atoms with Crippen LogP contribution in [0.15, 0.2) is 54.0 Å². The Bertz CT molecular complexity index is 1210. The smallest absolute Gasteiger partial charge is 0.444 e. The summed E-state index contributed by atoms with van der Waals surface area (Å²) in [4.78, 5) is 4.47. The summed E-state index contributed by atoms with van der Waals surface area (Å²) in [7, 11) is 0. The molecule has 0 radical (unpaired) electrons. The fourth-order valence-electron chi connectivity index (χ4n) is 2.74. The second kappa shape index (κ2) is 8.98. The van der Waals surface area contributed by atoms with Crippen molar-refractivity contribution in [2.45, 2.75) is 11.7 Å². The van der Waals surface area contributed by atoms with E-state index in [9.17, 15) is 18.4 Å². The normalized spacial score (nSPS) is 14.0. The molecule has 1 aromatic heterocycles. The van der Waals surface area contributed by atoms with Crippen LogP contribution in [0.3, 0.4) is 0 Å². The molecule has 6 nitrogen and oxygen atoms in total. The van der Waals surface area contributed by atoms with Crippen molar-refractivity contribution in [2.24, 2.45) is 0 Å². The third kappa shape index (κ3) is 4.59. The number of fused-ring (bicyclic) bond motifs is 1. The van der Waals surface area contributed by atoms with Gasteiger partial charge in [0.25, 0.3) is 5.63 Å². The first kappa shape index (κ1) is 21.8. The summed E-state index contributed by atoms with van der Waals surface area (Å²) < 4.78 is 55.0. The zero-order chi connectivity index (χ0) is 22.7. The van der Waals surface area contributed by atoms with E-state index in [1.165, 1.54) is 35.7 Å². The molecule has 0 saturated carbocycles. The van der Waals surface area contributed by atoms with Crippen molar-refractivity contribution in [2.75, 3.05) is 12.1 Å². The zero-order valence-corrected chi connectivity index (χ0v) is 17.6. The molecule has 4 rings (SSSR count). The van der Waals surface area contributed by atoms with Crippen LogP contribution in [0.2, 0.25) is 0 Å². The average molecular weight is 480 g/mol. The maximum Gasteiger partial charge on any atom is 0.444 e. The molecule has 1 atom stereocenters. The molecule has 164 valence electrons. The number of benzene rings is 2. The highest BCUT2D eigenvalue weighted by Gasteiger charge is 2.42. The van der Waals surface area contributed by atoms with Crippen LogP contribution in [0, 0.1) is 11.3 Å². The molecule has 0 fully saturated rings. The number of ether oxygens (including phenoxy) is 3. The minimum absolute atomic E-state index is 0.0878. The van der Waals surface area contributed by atoms with Gasteiger partial charge < -0.3 is 19.5 Å². The van der Waals surface area contributed by atoms with Gasteiger partial charge in [-0.15, -0.1) is 11.3 Å². The lowest BCUT2D eigenvalue weighted by Crippen LogP contribution is -2.33. The van der Waals surface area contributed by atoms with E-state index < -0.39 is 11.7 Å².